The zero-order valence-corrected chi connectivity index (χ0v) is 23.5. The summed E-state index contributed by atoms with van der Waals surface area (Å²) in [6.07, 6.45) is 5.79. The Bertz CT molecular complexity index is 1030. The van der Waals surface area contributed by atoms with Crippen LogP contribution in [0.2, 0.25) is 0 Å². The predicted molar refractivity (Wildman–Crippen MR) is 147 cm³/mol. The quantitative estimate of drug-likeness (QED) is 0.569. The molecule has 0 saturated carbocycles. The molecule has 1 aromatic rings. The third-order valence-corrected chi connectivity index (χ3v) is 7.86. The van der Waals surface area contributed by atoms with Crippen LogP contribution in [0.15, 0.2) is 36.4 Å². The summed E-state index contributed by atoms with van der Waals surface area (Å²) in [5, 5.41) is 0. The summed E-state index contributed by atoms with van der Waals surface area (Å²) in [6.45, 7) is 11.4. The van der Waals surface area contributed by atoms with Crippen molar-refractivity contribution < 1.29 is 19.1 Å². The normalized spacial score (nSPS) is 24.4. The molecule has 3 heterocycles. The summed E-state index contributed by atoms with van der Waals surface area (Å²) >= 11 is 0. The van der Waals surface area contributed by atoms with E-state index >= 15 is 0 Å². The van der Waals surface area contributed by atoms with Crippen molar-refractivity contribution >= 4 is 17.7 Å². The van der Waals surface area contributed by atoms with Crippen molar-refractivity contribution in [2.24, 2.45) is 17.3 Å². The molecule has 8 heteroatoms. The Hall–Kier alpha value is -2.87. The van der Waals surface area contributed by atoms with Gasteiger partial charge < -0.3 is 24.3 Å². The molecule has 0 unspecified atom stereocenters. The van der Waals surface area contributed by atoms with Crippen molar-refractivity contribution in [1.29, 1.82) is 0 Å². The number of carbonyl (C=O) groups excluding carboxylic acids is 3. The standard InChI is InChI=1S/C30H44N4O4/c1-30(2,3)19-28(36)34-21-25-8-5-6-10-26(25)38-17-7-9-24-20-33(29(37)22-34)12-11-23(24)18-27(35)32-15-13-31(4)14-16-32/h5-10,23-24H,11-22H2,1-4H3/b9-7-/t23-,24-/m0/s1. The van der Waals surface area contributed by atoms with Crippen molar-refractivity contribution in [2.75, 3.05) is 59.5 Å². The van der Waals surface area contributed by atoms with Gasteiger partial charge in [-0.1, -0.05) is 51.1 Å². The van der Waals surface area contributed by atoms with Gasteiger partial charge in [-0.2, -0.15) is 0 Å². The Morgan fingerprint density at radius 1 is 0.974 bits per heavy atom. The molecule has 1 aromatic carbocycles. The molecule has 0 aliphatic carbocycles. The summed E-state index contributed by atoms with van der Waals surface area (Å²) in [5.74, 6) is 1.12. The van der Waals surface area contributed by atoms with E-state index in [0.29, 0.717) is 39.1 Å². The fourth-order valence-electron chi connectivity index (χ4n) is 5.55. The van der Waals surface area contributed by atoms with Gasteiger partial charge in [-0.3, -0.25) is 14.4 Å². The fourth-order valence-corrected chi connectivity index (χ4v) is 5.55. The SMILES string of the molecule is CN1CCN(C(=O)C[C@@H]2CCN3C[C@@H]2/C=C\COc2ccccc2CN(C(=O)CC(C)(C)C)CC3=O)CC1. The Kier molecular flexibility index (Phi) is 9.13. The Morgan fingerprint density at radius 3 is 2.45 bits per heavy atom. The first-order chi connectivity index (χ1) is 18.1. The molecule has 2 fully saturated rings. The lowest BCUT2D eigenvalue weighted by Crippen LogP contribution is -2.50. The van der Waals surface area contributed by atoms with Crippen molar-refractivity contribution in [3.05, 3.63) is 42.0 Å². The molecule has 0 N–H and O–H groups in total. The minimum atomic E-state index is -0.180. The molecule has 2 saturated heterocycles. The van der Waals surface area contributed by atoms with E-state index in [9.17, 15) is 14.4 Å². The molecule has 208 valence electrons. The second-order valence-corrected chi connectivity index (χ2v) is 12.3. The van der Waals surface area contributed by atoms with Gasteiger partial charge in [-0.25, -0.2) is 0 Å². The van der Waals surface area contributed by atoms with Crippen molar-refractivity contribution in [1.82, 2.24) is 19.6 Å². The highest BCUT2D eigenvalue weighted by molar-refractivity contribution is 5.85. The predicted octanol–water partition coefficient (Wildman–Crippen LogP) is 3.03. The largest absolute Gasteiger partial charge is 0.489 e. The summed E-state index contributed by atoms with van der Waals surface area (Å²) in [7, 11) is 2.09. The summed E-state index contributed by atoms with van der Waals surface area (Å²) in [5.41, 5.74) is 0.713. The number of piperazine rings is 1. The van der Waals surface area contributed by atoms with Crippen LogP contribution < -0.4 is 4.74 Å². The van der Waals surface area contributed by atoms with Gasteiger partial charge in [-0.15, -0.1) is 0 Å². The molecule has 0 radical (unpaired) electrons. The molecular formula is C30H44N4O4. The van der Waals surface area contributed by atoms with Crippen molar-refractivity contribution in [3.63, 3.8) is 0 Å². The number of amides is 3. The van der Waals surface area contributed by atoms with E-state index in [2.05, 4.69) is 18.0 Å². The maximum absolute atomic E-state index is 13.5. The number of piperidine rings is 1. The smallest absolute Gasteiger partial charge is 0.242 e. The lowest BCUT2D eigenvalue weighted by atomic mass is 9.82. The van der Waals surface area contributed by atoms with Crippen LogP contribution in [0.3, 0.4) is 0 Å². The third-order valence-electron chi connectivity index (χ3n) is 7.86. The second kappa shape index (κ2) is 12.3. The number of benzene rings is 1. The van der Waals surface area contributed by atoms with Crippen LogP contribution in [0.5, 0.6) is 5.75 Å². The number of nitrogens with zero attached hydrogens (tertiary/aromatic N) is 4. The number of fused-ring (bicyclic) bond motifs is 3. The molecule has 2 atom stereocenters. The molecule has 38 heavy (non-hydrogen) atoms. The third kappa shape index (κ3) is 7.59. The molecule has 8 nitrogen and oxygen atoms in total. The van der Waals surface area contributed by atoms with Crippen LogP contribution in [0.25, 0.3) is 0 Å². The monoisotopic (exact) mass is 524 g/mol. The Morgan fingerprint density at radius 2 is 1.71 bits per heavy atom. The van der Waals surface area contributed by atoms with Crippen molar-refractivity contribution in [2.45, 2.75) is 46.6 Å². The van der Waals surface area contributed by atoms with Crippen LogP contribution in [-0.4, -0.2) is 96.8 Å². The molecule has 3 aliphatic rings. The van der Waals surface area contributed by atoms with E-state index in [4.69, 9.17) is 4.74 Å². The number of hydrogen-bond donors (Lipinski definition) is 0. The fraction of sp³-hybridized carbons (Fsp3) is 0.633. The first-order valence-electron chi connectivity index (χ1n) is 14.0. The second-order valence-electron chi connectivity index (χ2n) is 12.3. The molecule has 0 spiro atoms. The van der Waals surface area contributed by atoms with E-state index in [1.54, 1.807) is 4.90 Å². The van der Waals surface area contributed by atoms with E-state index < -0.39 is 0 Å². The topological polar surface area (TPSA) is 73.4 Å². The summed E-state index contributed by atoms with van der Waals surface area (Å²) in [6, 6.07) is 7.73. The van der Waals surface area contributed by atoms with Crippen LogP contribution in [-0.2, 0) is 20.9 Å². The molecular weight excluding hydrogens is 480 g/mol. The van der Waals surface area contributed by atoms with Crippen LogP contribution in [0.4, 0.5) is 0 Å². The summed E-state index contributed by atoms with van der Waals surface area (Å²) < 4.78 is 6.11. The Labute approximate surface area is 227 Å². The lowest BCUT2D eigenvalue weighted by Gasteiger charge is -2.39. The van der Waals surface area contributed by atoms with Gasteiger partial charge in [0.25, 0.3) is 0 Å². The van der Waals surface area contributed by atoms with Crippen LogP contribution in [0, 0.1) is 17.3 Å². The van der Waals surface area contributed by atoms with Gasteiger partial charge in [0.2, 0.25) is 17.7 Å². The first kappa shape index (κ1) is 28.1. The van der Waals surface area contributed by atoms with Gasteiger partial charge in [0.05, 0.1) is 0 Å². The average molecular weight is 525 g/mol. The number of likely N-dealkylation sites (N-methyl/N-ethyl adjacent to an activating group) is 1. The zero-order chi connectivity index (χ0) is 27.3. The number of ether oxygens (including phenoxy) is 1. The van der Waals surface area contributed by atoms with Crippen LogP contribution >= 0.6 is 0 Å². The van der Waals surface area contributed by atoms with Gasteiger partial charge in [0.15, 0.2) is 0 Å². The molecule has 3 aliphatic heterocycles. The summed E-state index contributed by atoms with van der Waals surface area (Å²) in [4.78, 5) is 47.8. The minimum absolute atomic E-state index is 0.0298. The van der Waals surface area contributed by atoms with E-state index in [0.717, 1.165) is 43.9 Å². The highest BCUT2D eigenvalue weighted by Gasteiger charge is 2.34. The van der Waals surface area contributed by atoms with E-state index in [1.807, 2.05) is 60.9 Å². The Balaban J connectivity index is 1.52. The number of hydrogen-bond acceptors (Lipinski definition) is 5. The van der Waals surface area contributed by atoms with Gasteiger partial charge in [-0.05, 0) is 36.8 Å². The highest BCUT2D eigenvalue weighted by atomic mass is 16.5. The van der Waals surface area contributed by atoms with Crippen molar-refractivity contribution in [3.8, 4) is 5.75 Å². The molecule has 3 amide bonds. The number of para-hydroxylation sites is 1. The highest BCUT2D eigenvalue weighted by Crippen LogP contribution is 2.30. The van der Waals surface area contributed by atoms with E-state index in [-0.39, 0.29) is 41.5 Å². The minimum Gasteiger partial charge on any atom is -0.489 e. The molecule has 0 aromatic heterocycles. The number of rotatable bonds is 3. The maximum atomic E-state index is 13.5. The van der Waals surface area contributed by atoms with E-state index in [1.165, 1.54) is 0 Å². The molecule has 2 bridgehead atoms. The maximum Gasteiger partial charge on any atom is 0.242 e. The first-order valence-corrected chi connectivity index (χ1v) is 14.0. The van der Waals surface area contributed by atoms with Gasteiger partial charge in [0.1, 0.15) is 18.9 Å². The van der Waals surface area contributed by atoms with Crippen LogP contribution in [0.1, 0.15) is 45.6 Å². The average Bonchev–Trinajstić information content (AvgIpc) is 2.87. The zero-order valence-electron chi connectivity index (χ0n) is 23.5. The molecule has 4 rings (SSSR count). The van der Waals surface area contributed by atoms with Gasteiger partial charge in [0, 0.05) is 64.2 Å². The lowest BCUT2D eigenvalue weighted by molar-refractivity contribution is -0.143. The number of carbonyl (C=O) groups is 3. The van der Waals surface area contributed by atoms with Gasteiger partial charge >= 0.3 is 0 Å².